The molecular weight excluding hydrogens is 304 g/mol. The molecule has 128 valence electrons. The molecule has 1 aromatic heterocycles. The Balaban J connectivity index is 1.62. The van der Waals surface area contributed by atoms with Crippen LogP contribution in [0.2, 0.25) is 0 Å². The third-order valence-electron chi connectivity index (χ3n) is 4.40. The van der Waals surface area contributed by atoms with Crippen molar-refractivity contribution in [2.75, 3.05) is 20.2 Å². The van der Waals surface area contributed by atoms with Gasteiger partial charge in [-0.3, -0.25) is 4.79 Å². The van der Waals surface area contributed by atoms with Gasteiger partial charge in [-0.15, -0.1) is 5.10 Å². The third kappa shape index (κ3) is 3.64. The van der Waals surface area contributed by atoms with Gasteiger partial charge in [-0.1, -0.05) is 43.3 Å². The minimum Gasteiger partial charge on any atom is -0.371 e. The van der Waals surface area contributed by atoms with E-state index < -0.39 is 0 Å². The molecule has 0 N–H and O–H groups in total. The van der Waals surface area contributed by atoms with Crippen LogP contribution in [0.25, 0.3) is 0 Å². The molecule has 1 unspecified atom stereocenters. The summed E-state index contributed by atoms with van der Waals surface area (Å²) in [6.07, 6.45) is 2.70. The lowest BCUT2D eigenvalue weighted by Crippen LogP contribution is -2.36. The molecule has 0 saturated carbocycles. The summed E-state index contributed by atoms with van der Waals surface area (Å²) in [5.74, 6) is 0.306. The third-order valence-corrected chi connectivity index (χ3v) is 4.40. The second kappa shape index (κ2) is 7.13. The van der Waals surface area contributed by atoms with Crippen molar-refractivity contribution in [1.82, 2.24) is 19.9 Å². The molecule has 2 heterocycles. The number of rotatable bonds is 5. The maximum Gasteiger partial charge on any atom is 0.244 e. The first-order valence-electron chi connectivity index (χ1n) is 8.38. The lowest BCUT2D eigenvalue weighted by atomic mass is 9.97. The van der Waals surface area contributed by atoms with Gasteiger partial charge in [0, 0.05) is 13.2 Å². The van der Waals surface area contributed by atoms with Crippen molar-refractivity contribution in [3.05, 3.63) is 47.3 Å². The minimum atomic E-state index is -0.0640. The van der Waals surface area contributed by atoms with Crippen molar-refractivity contribution in [3.63, 3.8) is 0 Å². The first kappa shape index (κ1) is 16.6. The molecule has 1 atom stereocenters. The second-order valence-corrected chi connectivity index (χ2v) is 6.58. The minimum absolute atomic E-state index is 0.00172. The first-order chi connectivity index (χ1) is 11.5. The molecular formula is C18H24N4O2. The molecule has 1 amide bonds. The molecule has 1 aliphatic heterocycles. The zero-order valence-electron chi connectivity index (χ0n) is 14.5. The number of fused-ring (bicyclic) bond motifs is 1. The number of aromatic nitrogens is 3. The molecule has 0 bridgehead atoms. The highest BCUT2D eigenvalue weighted by Gasteiger charge is 2.23. The molecule has 24 heavy (non-hydrogen) atoms. The van der Waals surface area contributed by atoms with Gasteiger partial charge >= 0.3 is 0 Å². The predicted molar refractivity (Wildman–Crippen MR) is 90.6 cm³/mol. The highest BCUT2D eigenvalue weighted by atomic mass is 16.5. The Kier molecular flexibility index (Phi) is 4.94. The number of nitrogens with zero attached hydrogens (tertiary/aromatic N) is 4. The van der Waals surface area contributed by atoms with Crippen LogP contribution in [0, 0.1) is 0 Å². The van der Waals surface area contributed by atoms with E-state index in [1.807, 2.05) is 25.4 Å². The Morgan fingerprint density at radius 3 is 2.96 bits per heavy atom. The fourth-order valence-corrected chi connectivity index (χ4v) is 2.89. The van der Waals surface area contributed by atoms with Gasteiger partial charge in [0.1, 0.15) is 12.6 Å². The standard InChI is InChI=1S/C18H24N4O2/c1-13(2)16-10-22(20-19-16)12-18(23)21(3)11-17-15-7-5-4-6-14(15)8-9-24-17/h4-7,10,13,17H,8-9,11-12H2,1-3H3. The van der Waals surface area contributed by atoms with Crippen LogP contribution >= 0.6 is 0 Å². The lowest BCUT2D eigenvalue weighted by Gasteiger charge is -2.29. The Hall–Kier alpha value is -2.21. The molecule has 1 aliphatic rings. The van der Waals surface area contributed by atoms with Gasteiger partial charge in [0.15, 0.2) is 0 Å². The second-order valence-electron chi connectivity index (χ2n) is 6.58. The largest absolute Gasteiger partial charge is 0.371 e. The van der Waals surface area contributed by atoms with Crippen molar-refractivity contribution in [3.8, 4) is 0 Å². The van der Waals surface area contributed by atoms with Crippen LogP contribution in [0.1, 0.15) is 42.7 Å². The van der Waals surface area contributed by atoms with E-state index in [9.17, 15) is 4.79 Å². The van der Waals surface area contributed by atoms with E-state index in [2.05, 4.69) is 36.3 Å². The molecule has 2 aromatic rings. The Morgan fingerprint density at radius 1 is 1.42 bits per heavy atom. The Bertz CT molecular complexity index is 711. The predicted octanol–water partition coefficient (Wildman–Crippen LogP) is 2.17. The van der Waals surface area contributed by atoms with Crippen LogP contribution in [0.5, 0.6) is 0 Å². The highest BCUT2D eigenvalue weighted by molar-refractivity contribution is 5.75. The summed E-state index contributed by atoms with van der Waals surface area (Å²) in [5.41, 5.74) is 3.40. The molecule has 6 nitrogen and oxygen atoms in total. The van der Waals surface area contributed by atoms with E-state index in [-0.39, 0.29) is 18.6 Å². The van der Waals surface area contributed by atoms with E-state index >= 15 is 0 Å². The molecule has 1 aromatic carbocycles. The number of amides is 1. The number of likely N-dealkylation sites (N-methyl/N-ethyl adjacent to an activating group) is 1. The summed E-state index contributed by atoms with van der Waals surface area (Å²) in [5, 5.41) is 8.12. The molecule has 0 radical (unpaired) electrons. The Labute approximate surface area is 142 Å². The summed E-state index contributed by atoms with van der Waals surface area (Å²) in [6, 6.07) is 8.29. The topological polar surface area (TPSA) is 60.2 Å². The first-order valence-corrected chi connectivity index (χ1v) is 8.38. The number of hydrogen-bond acceptors (Lipinski definition) is 4. The molecule has 3 rings (SSSR count). The van der Waals surface area contributed by atoms with Gasteiger partial charge < -0.3 is 9.64 Å². The summed E-state index contributed by atoms with van der Waals surface area (Å²) in [7, 11) is 1.81. The monoisotopic (exact) mass is 328 g/mol. The summed E-state index contributed by atoms with van der Waals surface area (Å²) in [6.45, 7) is 5.55. The SMILES string of the molecule is CC(C)c1cn(CC(=O)N(C)CC2OCCc3ccccc32)nn1. The smallest absolute Gasteiger partial charge is 0.244 e. The molecule has 0 spiro atoms. The lowest BCUT2D eigenvalue weighted by molar-refractivity contribution is -0.132. The molecule has 6 heteroatoms. The van der Waals surface area contributed by atoms with Gasteiger partial charge in [-0.25, -0.2) is 4.68 Å². The number of carbonyl (C=O) groups is 1. The molecule has 0 fully saturated rings. The zero-order valence-corrected chi connectivity index (χ0v) is 14.5. The van der Waals surface area contributed by atoms with Gasteiger partial charge in [-0.2, -0.15) is 0 Å². The number of benzene rings is 1. The molecule has 0 aliphatic carbocycles. The van der Waals surface area contributed by atoms with Gasteiger partial charge in [-0.05, 0) is 23.5 Å². The number of hydrogen-bond donors (Lipinski definition) is 0. The van der Waals surface area contributed by atoms with Crippen molar-refractivity contribution < 1.29 is 9.53 Å². The highest BCUT2D eigenvalue weighted by Crippen LogP contribution is 2.27. The summed E-state index contributed by atoms with van der Waals surface area (Å²) >= 11 is 0. The summed E-state index contributed by atoms with van der Waals surface area (Å²) in [4.78, 5) is 14.2. The average molecular weight is 328 g/mol. The van der Waals surface area contributed by atoms with Crippen LogP contribution in [0.3, 0.4) is 0 Å². The fourth-order valence-electron chi connectivity index (χ4n) is 2.89. The van der Waals surface area contributed by atoms with Crippen LogP contribution in [0.15, 0.2) is 30.5 Å². The Morgan fingerprint density at radius 2 is 2.21 bits per heavy atom. The van der Waals surface area contributed by atoms with Crippen LogP contribution < -0.4 is 0 Å². The maximum absolute atomic E-state index is 12.5. The van der Waals surface area contributed by atoms with E-state index in [0.717, 1.165) is 12.1 Å². The quantitative estimate of drug-likeness (QED) is 0.844. The van der Waals surface area contributed by atoms with Crippen LogP contribution in [0.4, 0.5) is 0 Å². The number of ether oxygens (including phenoxy) is 1. The fraction of sp³-hybridized carbons (Fsp3) is 0.500. The van der Waals surface area contributed by atoms with Crippen molar-refractivity contribution in [1.29, 1.82) is 0 Å². The summed E-state index contributed by atoms with van der Waals surface area (Å²) < 4.78 is 7.48. The van der Waals surface area contributed by atoms with E-state index in [1.54, 1.807) is 9.58 Å². The van der Waals surface area contributed by atoms with Crippen molar-refractivity contribution >= 4 is 5.91 Å². The van der Waals surface area contributed by atoms with Crippen molar-refractivity contribution in [2.45, 2.75) is 38.8 Å². The number of carbonyl (C=O) groups excluding carboxylic acids is 1. The van der Waals surface area contributed by atoms with Gasteiger partial charge in [0.25, 0.3) is 0 Å². The zero-order chi connectivity index (χ0) is 17.1. The van der Waals surface area contributed by atoms with Gasteiger partial charge in [0.2, 0.25) is 5.91 Å². The average Bonchev–Trinajstić information content (AvgIpc) is 3.04. The van der Waals surface area contributed by atoms with E-state index in [4.69, 9.17) is 4.74 Å². The van der Waals surface area contributed by atoms with E-state index in [0.29, 0.717) is 19.1 Å². The van der Waals surface area contributed by atoms with Crippen molar-refractivity contribution in [2.24, 2.45) is 0 Å². The normalized spacial score (nSPS) is 16.9. The van der Waals surface area contributed by atoms with Crippen LogP contribution in [-0.2, 0) is 22.5 Å². The van der Waals surface area contributed by atoms with E-state index in [1.165, 1.54) is 11.1 Å². The maximum atomic E-state index is 12.5. The molecule has 0 saturated heterocycles. The van der Waals surface area contributed by atoms with Gasteiger partial charge in [0.05, 0.1) is 18.8 Å². The van der Waals surface area contributed by atoms with Crippen LogP contribution in [-0.4, -0.2) is 46.0 Å².